The second kappa shape index (κ2) is 11.7. The number of sulfone groups is 1. The maximum atomic E-state index is 13.4. The number of rotatable bonds is 8. The van der Waals surface area contributed by atoms with Gasteiger partial charge in [-0.1, -0.05) is 42.8 Å². The van der Waals surface area contributed by atoms with Crippen molar-refractivity contribution in [2.24, 2.45) is 0 Å². The predicted molar refractivity (Wildman–Crippen MR) is 153 cm³/mol. The average molecular weight is 586 g/mol. The van der Waals surface area contributed by atoms with Crippen molar-refractivity contribution in [2.45, 2.75) is 67.9 Å². The monoisotopic (exact) mass is 585 g/mol. The molecular formula is C30H35NO7S2. The summed E-state index contributed by atoms with van der Waals surface area (Å²) < 4.78 is 64.7. The van der Waals surface area contributed by atoms with Crippen LogP contribution in [0.2, 0.25) is 0 Å². The number of carbonyl (C=O) groups is 1. The third kappa shape index (κ3) is 7.50. The topological polar surface area (TPSA) is 116 Å². The van der Waals surface area contributed by atoms with E-state index in [-0.39, 0.29) is 16.4 Å². The van der Waals surface area contributed by atoms with Gasteiger partial charge in [0.25, 0.3) is 0 Å². The van der Waals surface area contributed by atoms with Crippen LogP contribution in [0.4, 0.5) is 0 Å². The normalized spacial score (nSPS) is 16.1. The lowest BCUT2D eigenvalue weighted by Crippen LogP contribution is -2.29. The molecule has 0 saturated heterocycles. The van der Waals surface area contributed by atoms with Crippen LogP contribution < -0.4 is 9.46 Å². The first kappa shape index (κ1) is 29.8. The van der Waals surface area contributed by atoms with E-state index >= 15 is 0 Å². The van der Waals surface area contributed by atoms with Gasteiger partial charge in [0.1, 0.15) is 11.4 Å². The van der Waals surface area contributed by atoms with Crippen LogP contribution in [0.5, 0.6) is 5.75 Å². The quantitative estimate of drug-likeness (QED) is 0.285. The number of ether oxygens (including phenoxy) is 2. The lowest BCUT2D eigenvalue weighted by Gasteiger charge is -2.22. The van der Waals surface area contributed by atoms with Gasteiger partial charge in [-0.15, -0.1) is 0 Å². The highest BCUT2D eigenvalue weighted by atomic mass is 32.2. The summed E-state index contributed by atoms with van der Waals surface area (Å²) in [5.74, 6) is 0.0811. The van der Waals surface area contributed by atoms with Crippen LogP contribution in [0.1, 0.15) is 57.2 Å². The average Bonchev–Trinajstić information content (AvgIpc) is 3.08. The smallest absolute Gasteiger partial charge is 0.344 e. The molecule has 8 nitrogen and oxygen atoms in total. The second-order valence-corrected chi connectivity index (χ2v) is 14.7. The largest absolute Gasteiger partial charge is 0.482 e. The zero-order valence-electron chi connectivity index (χ0n) is 23.1. The Morgan fingerprint density at radius 1 is 0.900 bits per heavy atom. The summed E-state index contributed by atoms with van der Waals surface area (Å²) in [6.07, 6.45) is 4.16. The van der Waals surface area contributed by atoms with Gasteiger partial charge in [-0.3, -0.25) is 0 Å². The molecular weight excluding hydrogens is 550 g/mol. The van der Waals surface area contributed by atoms with Crippen LogP contribution in [-0.4, -0.2) is 41.3 Å². The van der Waals surface area contributed by atoms with Crippen molar-refractivity contribution >= 4 is 25.8 Å². The first-order chi connectivity index (χ1) is 18.7. The molecule has 1 N–H and O–H groups in total. The van der Waals surface area contributed by atoms with Crippen LogP contribution in [0, 0.1) is 0 Å². The molecule has 3 aromatic carbocycles. The van der Waals surface area contributed by atoms with Crippen LogP contribution in [-0.2, 0) is 35.8 Å². The van der Waals surface area contributed by atoms with Crippen molar-refractivity contribution in [2.75, 3.05) is 12.9 Å². The zero-order chi connectivity index (χ0) is 29.1. The molecule has 0 radical (unpaired) electrons. The first-order valence-electron chi connectivity index (χ1n) is 13.1. The molecule has 0 bridgehead atoms. The molecule has 0 heterocycles. The minimum Gasteiger partial charge on any atom is -0.482 e. The Kier molecular flexibility index (Phi) is 8.72. The zero-order valence-corrected chi connectivity index (χ0v) is 24.8. The van der Waals surface area contributed by atoms with E-state index in [1.54, 1.807) is 63.2 Å². The molecule has 10 heteroatoms. The van der Waals surface area contributed by atoms with Gasteiger partial charge in [0.15, 0.2) is 16.4 Å². The number of benzene rings is 3. The van der Waals surface area contributed by atoms with Crippen molar-refractivity contribution in [3.8, 4) is 16.9 Å². The van der Waals surface area contributed by atoms with E-state index in [1.165, 1.54) is 18.2 Å². The molecule has 40 heavy (non-hydrogen) atoms. The minimum absolute atomic E-state index is 0.110. The Hall–Kier alpha value is -3.21. The SMILES string of the molecule is CC(C)(C)OC(=O)COc1cccc2c1CCCCC2NS(=O)(=O)c1ccc(-c2cccc(S(C)(=O)=O)c2)cc1. The number of hydrogen-bond donors (Lipinski definition) is 1. The molecule has 3 aromatic rings. The number of carbonyl (C=O) groups excluding carboxylic acids is 1. The lowest BCUT2D eigenvalue weighted by molar-refractivity contribution is -0.157. The Balaban J connectivity index is 1.54. The highest BCUT2D eigenvalue weighted by molar-refractivity contribution is 7.90. The number of fused-ring (bicyclic) bond motifs is 1. The first-order valence-corrected chi connectivity index (χ1v) is 16.5. The summed E-state index contributed by atoms with van der Waals surface area (Å²) in [6, 6.07) is 17.9. The molecule has 1 unspecified atom stereocenters. The van der Waals surface area contributed by atoms with Gasteiger partial charge in [0.05, 0.1) is 9.79 Å². The molecule has 214 valence electrons. The van der Waals surface area contributed by atoms with Gasteiger partial charge in [0, 0.05) is 12.3 Å². The van der Waals surface area contributed by atoms with Gasteiger partial charge in [-0.2, -0.15) is 0 Å². The van der Waals surface area contributed by atoms with Gasteiger partial charge in [-0.05, 0) is 92.6 Å². The van der Waals surface area contributed by atoms with E-state index in [0.29, 0.717) is 29.7 Å². The van der Waals surface area contributed by atoms with E-state index in [9.17, 15) is 21.6 Å². The summed E-state index contributed by atoms with van der Waals surface area (Å²) in [5.41, 5.74) is 2.48. The molecule has 0 aromatic heterocycles. The number of sulfonamides is 1. The van der Waals surface area contributed by atoms with Crippen molar-refractivity contribution in [1.82, 2.24) is 4.72 Å². The third-order valence-electron chi connectivity index (χ3n) is 6.54. The second-order valence-electron chi connectivity index (χ2n) is 10.9. The molecule has 0 fully saturated rings. The summed E-state index contributed by atoms with van der Waals surface area (Å²) in [4.78, 5) is 12.5. The van der Waals surface area contributed by atoms with E-state index in [0.717, 1.165) is 30.2 Å². The fraction of sp³-hybridized carbons (Fsp3) is 0.367. The van der Waals surface area contributed by atoms with Crippen molar-refractivity contribution < 1.29 is 31.1 Å². The van der Waals surface area contributed by atoms with E-state index < -0.39 is 37.5 Å². The van der Waals surface area contributed by atoms with Crippen LogP contribution in [0.3, 0.4) is 0 Å². The molecule has 0 amide bonds. The Morgan fingerprint density at radius 3 is 2.27 bits per heavy atom. The van der Waals surface area contributed by atoms with Crippen molar-refractivity contribution in [1.29, 1.82) is 0 Å². The Morgan fingerprint density at radius 2 is 1.60 bits per heavy atom. The van der Waals surface area contributed by atoms with Gasteiger partial charge in [-0.25, -0.2) is 26.4 Å². The fourth-order valence-corrected chi connectivity index (χ4v) is 6.65. The molecule has 1 aliphatic carbocycles. The fourth-order valence-electron chi connectivity index (χ4n) is 4.74. The maximum Gasteiger partial charge on any atom is 0.344 e. The minimum atomic E-state index is -3.87. The molecule has 4 rings (SSSR count). The van der Waals surface area contributed by atoms with E-state index in [2.05, 4.69) is 4.72 Å². The Labute approximate surface area is 236 Å². The standard InChI is InChI=1S/C30H35NO7S2/c1-30(2,3)38-29(32)20-37-28-14-8-12-25-26(28)11-5-6-13-27(25)31-40(35,36)23-17-15-21(16-18-23)22-9-7-10-24(19-22)39(4,33)34/h7-10,12,14-19,27,31H,5-6,11,13,20H2,1-4H3. The predicted octanol–water partition coefficient (Wildman–Crippen LogP) is 5.22. The summed E-state index contributed by atoms with van der Waals surface area (Å²) in [5, 5.41) is 0. The highest BCUT2D eigenvalue weighted by Crippen LogP contribution is 2.35. The lowest BCUT2D eigenvalue weighted by atomic mass is 9.99. The summed E-state index contributed by atoms with van der Waals surface area (Å²) >= 11 is 0. The molecule has 0 spiro atoms. The van der Waals surface area contributed by atoms with Crippen molar-refractivity contribution in [3.63, 3.8) is 0 Å². The molecule has 1 aliphatic rings. The van der Waals surface area contributed by atoms with E-state index in [1.807, 2.05) is 6.07 Å². The number of esters is 1. The number of hydrogen-bond acceptors (Lipinski definition) is 7. The maximum absolute atomic E-state index is 13.4. The van der Waals surface area contributed by atoms with Gasteiger partial charge in [0.2, 0.25) is 10.0 Å². The van der Waals surface area contributed by atoms with Crippen LogP contribution >= 0.6 is 0 Å². The Bertz CT molecular complexity index is 1590. The molecule has 0 saturated carbocycles. The molecule has 0 aliphatic heterocycles. The van der Waals surface area contributed by atoms with E-state index in [4.69, 9.17) is 9.47 Å². The van der Waals surface area contributed by atoms with Crippen LogP contribution in [0.15, 0.2) is 76.5 Å². The van der Waals surface area contributed by atoms with Crippen molar-refractivity contribution in [3.05, 3.63) is 77.9 Å². The highest BCUT2D eigenvalue weighted by Gasteiger charge is 2.27. The summed E-state index contributed by atoms with van der Waals surface area (Å²) in [6.45, 7) is 5.14. The summed E-state index contributed by atoms with van der Waals surface area (Å²) in [7, 11) is -7.23. The third-order valence-corrected chi connectivity index (χ3v) is 9.14. The number of nitrogens with one attached hydrogen (secondary N) is 1. The molecule has 1 atom stereocenters. The van der Waals surface area contributed by atoms with Gasteiger partial charge >= 0.3 is 5.97 Å². The van der Waals surface area contributed by atoms with Crippen LogP contribution in [0.25, 0.3) is 11.1 Å². The van der Waals surface area contributed by atoms with Gasteiger partial charge < -0.3 is 9.47 Å².